The molecule has 1 amide bonds. The van der Waals surface area contributed by atoms with Crippen LogP contribution >= 0.6 is 12.4 Å². The van der Waals surface area contributed by atoms with Crippen molar-refractivity contribution in [3.63, 3.8) is 0 Å². The highest BCUT2D eigenvalue weighted by atomic mass is 35.5. The van der Waals surface area contributed by atoms with E-state index < -0.39 is 6.36 Å². The molecule has 1 aromatic carbocycles. The van der Waals surface area contributed by atoms with Crippen LogP contribution in [-0.4, -0.2) is 43.3 Å². The quantitative estimate of drug-likeness (QED) is 0.877. The summed E-state index contributed by atoms with van der Waals surface area (Å²) in [4.78, 5) is 14.3. The summed E-state index contributed by atoms with van der Waals surface area (Å²) in [6, 6.07) is 5.13. The molecule has 2 aliphatic heterocycles. The zero-order valence-corrected chi connectivity index (χ0v) is 13.8. The third kappa shape index (κ3) is 4.54. The van der Waals surface area contributed by atoms with E-state index in [0.29, 0.717) is 30.5 Å². The van der Waals surface area contributed by atoms with Gasteiger partial charge in [0.1, 0.15) is 5.75 Å². The van der Waals surface area contributed by atoms with Gasteiger partial charge in [0.05, 0.1) is 0 Å². The lowest BCUT2D eigenvalue weighted by Crippen LogP contribution is -2.32. The van der Waals surface area contributed by atoms with Gasteiger partial charge in [0, 0.05) is 18.7 Å². The van der Waals surface area contributed by atoms with Crippen molar-refractivity contribution in [1.29, 1.82) is 0 Å². The number of halogens is 4. The number of hydrogen-bond acceptors (Lipinski definition) is 3. The fourth-order valence-corrected chi connectivity index (χ4v) is 3.40. The van der Waals surface area contributed by atoms with Crippen LogP contribution in [0.25, 0.3) is 0 Å². The minimum Gasteiger partial charge on any atom is -0.406 e. The van der Waals surface area contributed by atoms with Crippen LogP contribution in [0.2, 0.25) is 0 Å². The zero-order chi connectivity index (χ0) is 16.4. The molecular formula is C16H20ClF3N2O2. The highest BCUT2D eigenvalue weighted by Crippen LogP contribution is 2.28. The standard InChI is InChI=1S/C16H19F3N2O2.ClH/c17-16(18,19)23-14-3-1-11(2-4-14)15(22)21-7-5-12-9-20-10-13(12)6-8-21;/h1-4,12-13,20H,5-10H2;1H/t12-,13+;. The molecule has 2 saturated heterocycles. The summed E-state index contributed by atoms with van der Waals surface area (Å²) < 4.78 is 40.3. The Balaban J connectivity index is 0.00000208. The lowest BCUT2D eigenvalue weighted by molar-refractivity contribution is -0.274. The fourth-order valence-electron chi connectivity index (χ4n) is 3.40. The second-order valence-corrected chi connectivity index (χ2v) is 6.12. The van der Waals surface area contributed by atoms with E-state index in [0.717, 1.165) is 25.9 Å². The van der Waals surface area contributed by atoms with E-state index in [1.54, 1.807) is 4.90 Å². The number of nitrogens with zero attached hydrogens (tertiary/aromatic N) is 1. The minimum atomic E-state index is -4.72. The summed E-state index contributed by atoms with van der Waals surface area (Å²) in [5.74, 6) is 0.799. The maximum absolute atomic E-state index is 12.5. The normalized spacial score (nSPS) is 23.9. The van der Waals surface area contributed by atoms with Gasteiger partial charge in [-0.2, -0.15) is 0 Å². The molecule has 0 spiro atoms. The molecule has 2 atom stereocenters. The summed E-state index contributed by atoms with van der Waals surface area (Å²) in [5.41, 5.74) is 0.393. The predicted octanol–water partition coefficient (Wildman–Crippen LogP) is 3.08. The SMILES string of the molecule is Cl.O=C(c1ccc(OC(F)(F)F)cc1)N1CC[C@@H]2CNC[C@@H]2CC1. The van der Waals surface area contributed by atoms with Gasteiger partial charge < -0.3 is 15.0 Å². The molecule has 0 aliphatic carbocycles. The zero-order valence-electron chi connectivity index (χ0n) is 13.0. The Morgan fingerprint density at radius 2 is 1.62 bits per heavy atom. The highest BCUT2D eigenvalue weighted by Gasteiger charge is 2.32. The molecule has 0 saturated carbocycles. The van der Waals surface area contributed by atoms with Crippen molar-refractivity contribution < 1.29 is 22.7 Å². The van der Waals surface area contributed by atoms with Crippen LogP contribution in [0.5, 0.6) is 5.75 Å². The Hall–Kier alpha value is -1.47. The molecule has 0 bridgehead atoms. The number of carbonyl (C=O) groups is 1. The van der Waals surface area contributed by atoms with Crippen LogP contribution in [0, 0.1) is 11.8 Å². The lowest BCUT2D eigenvalue weighted by Gasteiger charge is -2.21. The molecule has 0 radical (unpaired) electrons. The van der Waals surface area contributed by atoms with Crippen LogP contribution in [0.3, 0.4) is 0 Å². The van der Waals surface area contributed by atoms with Crippen molar-refractivity contribution in [2.75, 3.05) is 26.2 Å². The largest absolute Gasteiger partial charge is 0.573 e. The Bertz CT molecular complexity index is 551. The summed E-state index contributed by atoms with van der Waals surface area (Å²) in [7, 11) is 0. The lowest BCUT2D eigenvalue weighted by atomic mass is 9.92. The number of benzene rings is 1. The average Bonchev–Trinajstić information content (AvgIpc) is 2.84. The molecule has 2 heterocycles. The number of amides is 1. The van der Waals surface area contributed by atoms with Crippen LogP contribution in [0.4, 0.5) is 13.2 Å². The molecule has 1 N–H and O–H groups in total. The van der Waals surface area contributed by atoms with E-state index in [9.17, 15) is 18.0 Å². The van der Waals surface area contributed by atoms with E-state index >= 15 is 0 Å². The summed E-state index contributed by atoms with van der Waals surface area (Å²) >= 11 is 0. The van der Waals surface area contributed by atoms with Crippen molar-refractivity contribution in [3.8, 4) is 5.75 Å². The topological polar surface area (TPSA) is 41.6 Å². The van der Waals surface area contributed by atoms with Gasteiger partial charge in [-0.25, -0.2) is 0 Å². The second-order valence-electron chi connectivity index (χ2n) is 6.12. The molecule has 2 aliphatic rings. The number of rotatable bonds is 2. The van der Waals surface area contributed by atoms with E-state index in [1.165, 1.54) is 24.3 Å². The Morgan fingerprint density at radius 1 is 1.08 bits per heavy atom. The number of fused-ring (bicyclic) bond motifs is 1. The van der Waals surface area contributed by atoms with Gasteiger partial charge in [-0.05, 0) is 62.0 Å². The van der Waals surface area contributed by atoms with Crippen molar-refractivity contribution in [2.24, 2.45) is 11.8 Å². The molecule has 24 heavy (non-hydrogen) atoms. The molecule has 8 heteroatoms. The molecule has 4 nitrogen and oxygen atoms in total. The molecule has 134 valence electrons. The van der Waals surface area contributed by atoms with Crippen LogP contribution in [0.1, 0.15) is 23.2 Å². The first-order valence-corrected chi connectivity index (χ1v) is 7.78. The molecule has 2 fully saturated rings. The Kier molecular flexibility index (Phi) is 5.98. The maximum Gasteiger partial charge on any atom is 0.573 e. The minimum absolute atomic E-state index is 0. The molecule has 0 aromatic heterocycles. The number of carbonyl (C=O) groups excluding carboxylic acids is 1. The van der Waals surface area contributed by atoms with E-state index in [4.69, 9.17) is 0 Å². The summed E-state index contributed by atoms with van der Waals surface area (Å²) in [6.07, 6.45) is -2.78. The van der Waals surface area contributed by atoms with Crippen LogP contribution in [0.15, 0.2) is 24.3 Å². The Labute approximate surface area is 144 Å². The van der Waals surface area contributed by atoms with Crippen LogP contribution < -0.4 is 10.1 Å². The molecule has 0 unspecified atom stereocenters. The first-order valence-electron chi connectivity index (χ1n) is 7.78. The number of nitrogens with one attached hydrogen (secondary N) is 1. The summed E-state index contributed by atoms with van der Waals surface area (Å²) in [5, 5.41) is 3.38. The molecule has 3 rings (SSSR count). The van der Waals surface area contributed by atoms with Crippen LogP contribution in [-0.2, 0) is 0 Å². The van der Waals surface area contributed by atoms with Crippen molar-refractivity contribution in [1.82, 2.24) is 10.2 Å². The third-order valence-electron chi connectivity index (χ3n) is 4.64. The fraction of sp³-hybridized carbons (Fsp3) is 0.562. The molecule has 1 aromatic rings. The number of alkyl halides is 3. The monoisotopic (exact) mass is 364 g/mol. The first kappa shape index (κ1) is 18.9. The van der Waals surface area contributed by atoms with Gasteiger partial charge >= 0.3 is 6.36 Å². The van der Waals surface area contributed by atoms with Gasteiger partial charge in [-0.1, -0.05) is 0 Å². The van der Waals surface area contributed by atoms with E-state index in [2.05, 4.69) is 10.1 Å². The van der Waals surface area contributed by atoms with Gasteiger partial charge in [-0.3, -0.25) is 4.79 Å². The highest BCUT2D eigenvalue weighted by molar-refractivity contribution is 5.94. The van der Waals surface area contributed by atoms with Crippen molar-refractivity contribution in [2.45, 2.75) is 19.2 Å². The smallest absolute Gasteiger partial charge is 0.406 e. The number of hydrogen-bond donors (Lipinski definition) is 1. The predicted molar refractivity (Wildman–Crippen MR) is 85.4 cm³/mol. The van der Waals surface area contributed by atoms with E-state index in [-0.39, 0.29) is 24.1 Å². The third-order valence-corrected chi connectivity index (χ3v) is 4.64. The number of likely N-dealkylation sites (tertiary alicyclic amines) is 1. The Morgan fingerprint density at radius 3 is 2.12 bits per heavy atom. The van der Waals surface area contributed by atoms with Gasteiger partial charge in [0.2, 0.25) is 0 Å². The maximum atomic E-state index is 12.5. The van der Waals surface area contributed by atoms with Gasteiger partial charge in [0.15, 0.2) is 0 Å². The number of ether oxygens (including phenoxy) is 1. The van der Waals surface area contributed by atoms with Crippen molar-refractivity contribution >= 4 is 18.3 Å². The van der Waals surface area contributed by atoms with Gasteiger partial charge in [-0.15, -0.1) is 25.6 Å². The van der Waals surface area contributed by atoms with Crippen molar-refractivity contribution in [3.05, 3.63) is 29.8 Å². The molecular weight excluding hydrogens is 345 g/mol. The van der Waals surface area contributed by atoms with E-state index in [1.807, 2.05) is 0 Å². The first-order chi connectivity index (χ1) is 10.9. The van der Waals surface area contributed by atoms with Gasteiger partial charge in [0.25, 0.3) is 5.91 Å². The average molecular weight is 365 g/mol. The second kappa shape index (κ2) is 7.61. The summed E-state index contributed by atoms with van der Waals surface area (Å²) in [6.45, 7) is 3.41.